The second-order valence-electron chi connectivity index (χ2n) is 6.19. The van der Waals surface area contributed by atoms with Crippen molar-refractivity contribution in [3.8, 4) is 5.75 Å². The second-order valence-corrected chi connectivity index (χ2v) is 6.19. The average Bonchev–Trinajstić information content (AvgIpc) is 2.75. The number of hydrogen-bond acceptors (Lipinski definition) is 3. The fourth-order valence-corrected chi connectivity index (χ4v) is 2.82. The van der Waals surface area contributed by atoms with Gasteiger partial charge in [-0.15, -0.1) is 0 Å². The van der Waals surface area contributed by atoms with Crippen LogP contribution in [0.3, 0.4) is 0 Å². The van der Waals surface area contributed by atoms with Gasteiger partial charge in [0, 0.05) is 18.3 Å². The summed E-state index contributed by atoms with van der Waals surface area (Å²) in [4.78, 5) is 26.4. The van der Waals surface area contributed by atoms with Crippen molar-refractivity contribution in [2.45, 2.75) is 19.8 Å². The molecule has 0 unspecified atom stereocenters. The summed E-state index contributed by atoms with van der Waals surface area (Å²) < 4.78 is 5.59. The maximum atomic E-state index is 12.4. The van der Waals surface area contributed by atoms with Crippen molar-refractivity contribution in [2.24, 2.45) is 0 Å². The van der Waals surface area contributed by atoms with Crippen LogP contribution in [0.2, 0.25) is 0 Å². The fraction of sp³-hybridized carbons (Fsp3) is 0.300. The SMILES string of the molecule is CCCc1ccc(C(=O)Nc2ccc3c(c2)C(=O)N(C)CCO3)cc1. The molecule has 0 saturated heterocycles. The minimum absolute atomic E-state index is 0.104. The van der Waals surface area contributed by atoms with Crippen molar-refractivity contribution < 1.29 is 14.3 Å². The number of hydrogen-bond donors (Lipinski definition) is 1. The lowest BCUT2D eigenvalue weighted by Gasteiger charge is -2.13. The van der Waals surface area contributed by atoms with Crippen molar-refractivity contribution in [1.82, 2.24) is 4.90 Å². The average molecular weight is 338 g/mol. The first-order valence-electron chi connectivity index (χ1n) is 8.51. The molecule has 0 aromatic heterocycles. The van der Waals surface area contributed by atoms with Crippen LogP contribution in [-0.2, 0) is 6.42 Å². The minimum atomic E-state index is -0.196. The number of ether oxygens (including phenoxy) is 1. The monoisotopic (exact) mass is 338 g/mol. The van der Waals surface area contributed by atoms with Gasteiger partial charge in [0.25, 0.3) is 11.8 Å². The van der Waals surface area contributed by atoms with Crippen molar-refractivity contribution in [2.75, 3.05) is 25.5 Å². The molecule has 1 aliphatic rings. The smallest absolute Gasteiger partial charge is 0.257 e. The summed E-state index contributed by atoms with van der Waals surface area (Å²) in [7, 11) is 1.74. The van der Waals surface area contributed by atoms with Gasteiger partial charge in [-0.2, -0.15) is 0 Å². The van der Waals surface area contributed by atoms with E-state index < -0.39 is 0 Å². The van der Waals surface area contributed by atoms with Crippen molar-refractivity contribution >= 4 is 17.5 Å². The van der Waals surface area contributed by atoms with E-state index in [1.54, 1.807) is 30.1 Å². The van der Waals surface area contributed by atoms with Gasteiger partial charge in [-0.3, -0.25) is 9.59 Å². The van der Waals surface area contributed by atoms with Gasteiger partial charge in [0.2, 0.25) is 0 Å². The second kappa shape index (κ2) is 7.38. The first kappa shape index (κ1) is 17.0. The van der Waals surface area contributed by atoms with Crippen LogP contribution in [0.1, 0.15) is 39.6 Å². The zero-order chi connectivity index (χ0) is 17.8. The molecule has 0 bridgehead atoms. The van der Waals surface area contributed by atoms with Crippen molar-refractivity contribution in [1.29, 1.82) is 0 Å². The van der Waals surface area contributed by atoms with Crippen LogP contribution in [0.25, 0.3) is 0 Å². The summed E-state index contributed by atoms with van der Waals surface area (Å²) in [6, 6.07) is 12.7. The molecule has 2 aromatic rings. The third-order valence-electron chi connectivity index (χ3n) is 4.25. The first-order chi connectivity index (χ1) is 12.1. The molecule has 25 heavy (non-hydrogen) atoms. The third kappa shape index (κ3) is 3.82. The van der Waals surface area contributed by atoms with Crippen LogP contribution in [0, 0.1) is 0 Å². The van der Waals surface area contributed by atoms with Crippen LogP contribution in [-0.4, -0.2) is 36.9 Å². The lowest BCUT2D eigenvalue weighted by Crippen LogP contribution is -2.27. The van der Waals surface area contributed by atoms with E-state index >= 15 is 0 Å². The standard InChI is InChI=1S/C20H22N2O3/c1-3-4-14-5-7-15(8-6-14)19(23)21-16-9-10-18-17(13-16)20(24)22(2)11-12-25-18/h5-10,13H,3-4,11-12H2,1-2H3,(H,21,23). The van der Waals surface area contributed by atoms with Gasteiger partial charge in [-0.1, -0.05) is 25.5 Å². The summed E-state index contributed by atoms with van der Waals surface area (Å²) >= 11 is 0. The van der Waals surface area contributed by atoms with Crippen LogP contribution in [0.15, 0.2) is 42.5 Å². The molecule has 0 fully saturated rings. The number of anilines is 1. The number of nitrogens with zero attached hydrogens (tertiary/aromatic N) is 1. The molecular weight excluding hydrogens is 316 g/mol. The molecule has 5 nitrogen and oxygen atoms in total. The number of benzene rings is 2. The Morgan fingerprint density at radius 1 is 1.20 bits per heavy atom. The molecule has 5 heteroatoms. The number of rotatable bonds is 4. The quantitative estimate of drug-likeness (QED) is 0.930. The van der Waals surface area contributed by atoms with Crippen LogP contribution in [0.5, 0.6) is 5.75 Å². The highest BCUT2D eigenvalue weighted by molar-refractivity contribution is 6.05. The molecular formula is C20H22N2O3. The van der Waals surface area contributed by atoms with E-state index in [0.717, 1.165) is 12.8 Å². The molecule has 0 spiro atoms. The Labute approximate surface area is 147 Å². The zero-order valence-corrected chi connectivity index (χ0v) is 14.5. The first-order valence-corrected chi connectivity index (χ1v) is 8.51. The lowest BCUT2D eigenvalue weighted by molar-refractivity contribution is 0.0796. The maximum Gasteiger partial charge on any atom is 0.257 e. The summed E-state index contributed by atoms with van der Waals surface area (Å²) in [5.74, 6) is 0.252. The summed E-state index contributed by atoms with van der Waals surface area (Å²) in [5.41, 5.74) is 2.86. The molecule has 130 valence electrons. The van der Waals surface area contributed by atoms with E-state index in [0.29, 0.717) is 35.7 Å². The highest BCUT2D eigenvalue weighted by Gasteiger charge is 2.21. The summed E-state index contributed by atoms with van der Waals surface area (Å²) in [5, 5.41) is 2.85. The molecule has 1 aliphatic heterocycles. The Hall–Kier alpha value is -2.82. The van der Waals surface area contributed by atoms with Gasteiger partial charge >= 0.3 is 0 Å². The van der Waals surface area contributed by atoms with E-state index in [9.17, 15) is 9.59 Å². The van der Waals surface area contributed by atoms with Crippen molar-refractivity contribution in [3.63, 3.8) is 0 Å². The van der Waals surface area contributed by atoms with Gasteiger partial charge in [0.05, 0.1) is 12.1 Å². The Morgan fingerprint density at radius 2 is 1.96 bits per heavy atom. The van der Waals surface area contributed by atoms with E-state index in [2.05, 4.69) is 12.2 Å². The molecule has 0 radical (unpaired) electrons. The van der Waals surface area contributed by atoms with Crippen LogP contribution < -0.4 is 10.1 Å². The Morgan fingerprint density at radius 3 is 2.68 bits per heavy atom. The number of nitrogens with one attached hydrogen (secondary N) is 1. The van der Waals surface area contributed by atoms with Crippen LogP contribution in [0.4, 0.5) is 5.69 Å². The number of aryl methyl sites for hydroxylation is 1. The predicted molar refractivity (Wildman–Crippen MR) is 97.3 cm³/mol. The van der Waals surface area contributed by atoms with Gasteiger partial charge in [-0.25, -0.2) is 0 Å². The molecule has 0 saturated carbocycles. The highest BCUT2D eigenvalue weighted by Crippen LogP contribution is 2.26. The fourth-order valence-electron chi connectivity index (χ4n) is 2.82. The molecule has 0 atom stereocenters. The third-order valence-corrected chi connectivity index (χ3v) is 4.25. The number of carbonyl (C=O) groups excluding carboxylic acids is 2. The Kier molecular flexibility index (Phi) is 5.03. The molecule has 0 aliphatic carbocycles. The van der Waals surface area contributed by atoms with Crippen molar-refractivity contribution in [3.05, 3.63) is 59.2 Å². The molecule has 3 rings (SSSR count). The van der Waals surface area contributed by atoms with Crippen LogP contribution >= 0.6 is 0 Å². The normalized spacial score (nSPS) is 13.7. The topological polar surface area (TPSA) is 58.6 Å². The van der Waals surface area contributed by atoms with E-state index in [4.69, 9.17) is 4.74 Å². The van der Waals surface area contributed by atoms with E-state index in [-0.39, 0.29) is 11.8 Å². The number of amides is 2. The molecule has 1 N–H and O–H groups in total. The zero-order valence-electron chi connectivity index (χ0n) is 14.5. The Balaban J connectivity index is 1.77. The van der Waals surface area contributed by atoms with E-state index in [1.165, 1.54) is 5.56 Å². The largest absolute Gasteiger partial charge is 0.491 e. The molecule has 1 heterocycles. The van der Waals surface area contributed by atoms with Gasteiger partial charge in [-0.05, 0) is 42.3 Å². The number of carbonyl (C=O) groups is 2. The summed E-state index contributed by atoms with van der Waals surface area (Å²) in [6.07, 6.45) is 2.08. The summed E-state index contributed by atoms with van der Waals surface area (Å²) in [6.45, 7) is 3.13. The number of fused-ring (bicyclic) bond motifs is 1. The molecule has 2 amide bonds. The maximum absolute atomic E-state index is 12.4. The minimum Gasteiger partial charge on any atom is -0.491 e. The number of likely N-dealkylation sites (N-methyl/N-ethyl adjacent to an activating group) is 1. The van der Waals surface area contributed by atoms with Gasteiger partial charge < -0.3 is 15.0 Å². The molecule has 2 aromatic carbocycles. The predicted octanol–water partition coefficient (Wildman–Crippen LogP) is 3.36. The Bertz CT molecular complexity index is 784. The van der Waals surface area contributed by atoms with Gasteiger partial charge in [0.1, 0.15) is 12.4 Å². The highest BCUT2D eigenvalue weighted by atomic mass is 16.5. The van der Waals surface area contributed by atoms with Gasteiger partial charge in [0.15, 0.2) is 0 Å². The lowest BCUT2D eigenvalue weighted by atomic mass is 10.1. The van der Waals surface area contributed by atoms with E-state index in [1.807, 2.05) is 24.3 Å².